The molecule has 1 fully saturated rings. The Bertz CT molecular complexity index is 406. The minimum absolute atomic E-state index is 0.0264. The molecular formula is C13H18N2O3. The van der Waals surface area contributed by atoms with Gasteiger partial charge in [0.1, 0.15) is 0 Å². The molecule has 0 spiro atoms. The third kappa shape index (κ3) is 2.72. The van der Waals surface area contributed by atoms with Gasteiger partial charge in [-0.2, -0.15) is 0 Å². The topological polar surface area (TPSA) is 62.4 Å². The highest BCUT2D eigenvalue weighted by Crippen LogP contribution is 2.20. The van der Waals surface area contributed by atoms with Crippen molar-refractivity contribution in [2.24, 2.45) is 5.92 Å². The summed E-state index contributed by atoms with van der Waals surface area (Å²) in [4.78, 5) is 28.3. The van der Waals surface area contributed by atoms with E-state index in [4.69, 9.17) is 4.74 Å². The lowest BCUT2D eigenvalue weighted by atomic mass is 9.96. The maximum Gasteiger partial charge on any atom is 0.309 e. The molecule has 0 unspecified atom stereocenters. The summed E-state index contributed by atoms with van der Waals surface area (Å²) in [5.74, 6) is -0.162. The van der Waals surface area contributed by atoms with Crippen LogP contribution in [-0.2, 0) is 9.53 Å². The largest absolute Gasteiger partial charge is 0.466 e. The Kier molecular flexibility index (Phi) is 4.02. The molecule has 0 saturated carbocycles. The van der Waals surface area contributed by atoms with E-state index in [0.29, 0.717) is 38.1 Å². The van der Waals surface area contributed by atoms with Crippen LogP contribution in [0.4, 0.5) is 0 Å². The van der Waals surface area contributed by atoms with Crippen LogP contribution in [0.5, 0.6) is 0 Å². The third-order valence-electron chi connectivity index (χ3n) is 3.25. The molecule has 0 atom stereocenters. The predicted molar refractivity (Wildman–Crippen MR) is 66.1 cm³/mol. The summed E-state index contributed by atoms with van der Waals surface area (Å²) in [6, 6.07) is 1.76. The van der Waals surface area contributed by atoms with Crippen LogP contribution in [0.3, 0.4) is 0 Å². The third-order valence-corrected chi connectivity index (χ3v) is 3.25. The van der Waals surface area contributed by atoms with E-state index in [1.54, 1.807) is 23.4 Å². The molecule has 1 saturated heterocycles. The molecule has 1 aromatic heterocycles. The van der Waals surface area contributed by atoms with E-state index < -0.39 is 0 Å². The molecule has 18 heavy (non-hydrogen) atoms. The van der Waals surface area contributed by atoms with E-state index in [0.717, 1.165) is 0 Å². The first kappa shape index (κ1) is 12.7. The lowest BCUT2D eigenvalue weighted by Gasteiger charge is -2.30. The van der Waals surface area contributed by atoms with Gasteiger partial charge >= 0.3 is 5.97 Å². The number of esters is 1. The van der Waals surface area contributed by atoms with E-state index in [9.17, 15) is 9.59 Å². The summed E-state index contributed by atoms with van der Waals surface area (Å²) < 4.78 is 5.00. The second-order valence-electron chi connectivity index (χ2n) is 4.42. The van der Waals surface area contributed by atoms with Gasteiger partial charge in [0, 0.05) is 25.5 Å². The SMILES string of the molecule is CCOC(=O)C1CCN(C(=O)c2cc[nH]c2)CC1. The van der Waals surface area contributed by atoms with Gasteiger partial charge in [-0.1, -0.05) is 0 Å². The maximum absolute atomic E-state index is 12.1. The normalized spacial score (nSPS) is 16.6. The number of hydrogen-bond donors (Lipinski definition) is 1. The number of aromatic amines is 1. The van der Waals surface area contributed by atoms with Gasteiger partial charge in [0.15, 0.2) is 0 Å². The molecule has 0 aromatic carbocycles. The summed E-state index contributed by atoms with van der Waals surface area (Å²) in [6.07, 6.45) is 4.81. The number of rotatable bonds is 3. The second kappa shape index (κ2) is 5.71. The summed E-state index contributed by atoms with van der Waals surface area (Å²) in [5.41, 5.74) is 0.671. The van der Waals surface area contributed by atoms with Gasteiger partial charge in [0.05, 0.1) is 18.1 Å². The first-order valence-corrected chi connectivity index (χ1v) is 6.31. The van der Waals surface area contributed by atoms with Crippen molar-refractivity contribution in [2.45, 2.75) is 19.8 Å². The first-order chi connectivity index (χ1) is 8.72. The molecule has 5 nitrogen and oxygen atoms in total. The van der Waals surface area contributed by atoms with E-state index in [-0.39, 0.29) is 17.8 Å². The Morgan fingerprint density at radius 3 is 2.72 bits per heavy atom. The zero-order chi connectivity index (χ0) is 13.0. The van der Waals surface area contributed by atoms with Crippen molar-refractivity contribution >= 4 is 11.9 Å². The van der Waals surface area contributed by atoms with Gasteiger partial charge in [-0.25, -0.2) is 0 Å². The van der Waals surface area contributed by atoms with Crippen LogP contribution in [0, 0.1) is 5.92 Å². The van der Waals surface area contributed by atoms with E-state index in [2.05, 4.69) is 4.98 Å². The molecule has 0 radical (unpaired) electrons. The zero-order valence-corrected chi connectivity index (χ0v) is 10.5. The van der Waals surface area contributed by atoms with Gasteiger partial charge in [0.25, 0.3) is 5.91 Å². The number of nitrogens with one attached hydrogen (secondary N) is 1. The number of nitrogens with zero attached hydrogens (tertiary/aromatic N) is 1. The van der Waals surface area contributed by atoms with Crippen LogP contribution in [0.1, 0.15) is 30.1 Å². The van der Waals surface area contributed by atoms with Crippen LogP contribution in [0.25, 0.3) is 0 Å². The monoisotopic (exact) mass is 250 g/mol. The second-order valence-corrected chi connectivity index (χ2v) is 4.42. The summed E-state index contributed by atoms with van der Waals surface area (Å²) in [6.45, 7) is 3.46. The number of carbonyl (C=O) groups is 2. The lowest BCUT2D eigenvalue weighted by Crippen LogP contribution is -2.40. The Hall–Kier alpha value is -1.78. The molecule has 1 aromatic rings. The lowest BCUT2D eigenvalue weighted by molar-refractivity contribution is -0.149. The highest BCUT2D eigenvalue weighted by Gasteiger charge is 2.28. The average Bonchev–Trinajstić information content (AvgIpc) is 2.92. The van der Waals surface area contributed by atoms with Crippen molar-refractivity contribution in [2.75, 3.05) is 19.7 Å². The van der Waals surface area contributed by atoms with Crippen molar-refractivity contribution in [1.82, 2.24) is 9.88 Å². The maximum atomic E-state index is 12.1. The molecule has 1 amide bonds. The fourth-order valence-electron chi connectivity index (χ4n) is 2.22. The number of carbonyl (C=O) groups excluding carboxylic acids is 2. The highest BCUT2D eigenvalue weighted by molar-refractivity contribution is 5.94. The Morgan fingerprint density at radius 1 is 1.44 bits per heavy atom. The van der Waals surface area contributed by atoms with Gasteiger partial charge in [-0.3, -0.25) is 9.59 Å². The molecule has 0 aliphatic carbocycles. The molecule has 98 valence electrons. The van der Waals surface area contributed by atoms with Crippen molar-refractivity contribution < 1.29 is 14.3 Å². The smallest absolute Gasteiger partial charge is 0.309 e. The molecule has 1 N–H and O–H groups in total. The van der Waals surface area contributed by atoms with Crippen LogP contribution in [0.2, 0.25) is 0 Å². The molecule has 2 heterocycles. The van der Waals surface area contributed by atoms with E-state index >= 15 is 0 Å². The molecule has 2 rings (SSSR count). The molecule has 5 heteroatoms. The Labute approximate surface area is 106 Å². The van der Waals surface area contributed by atoms with E-state index in [1.165, 1.54) is 0 Å². The van der Waals surface area contributed by atoms with Gasteiger partial charge in [0.2, 0.25) is 0 Å². The number of likely N-dealkylation sites (tertiary alicyclic amines) is 1. The van der Waals surface area contributed by atoms with Crippen LogP contribution in [-0.4, -0.2) is 41.5 Å². The Balaban J connectivity index is 1.87. The number of aromatic nitrogens is 1. The van der Waals surface area contributed by atoms with Crippen molar-refractivity contribution in [3.05, 3.63) is 24.0 Å². The van der Waals surface area contributed by atoms with Crippen LogP contribution < -0.4 is 0 Å². The Morgan fingerprint density at radius 2 is 2.17 bits per heavy atom. The van der Waals surface area contributed by atoms with Gasteiger partial charge in [-0.05, 0) is 25.8 Å². The fourth-order valence-corrected chi connectivity index (χ4v) is 2.22. The van der Waals surface area contributed by atoms with Crippen LogP contribution >= 0.6 is 0 Å². The fraction of sp³-hybridized carbons (Fsp3) is 0.538. The summed E-state index contributed by atoms with van der Waals surface area (Å²) in [7, 11) is 0. The minimum atomic E-state index is -0.133. The molecule has 1 aliphatic heterocycles. The number of amides is 1. The van der Waals surface area contributed by atoms with Crippen molar-refractivity contribution in [3.63, 3.8) is 0 Å². The van der Waals surface area contributed by atoms with Crippen molar-refractivity contribution in [1.29, 1.82) is 0 Å². The molecular weight excluding hydrogens is 232 g/mol. The quantitative estimate of drug-likeness (QED) is 0.825. The molecule has 1 aliphatic rings. The van der Waals surface area contributed by atoms with Crippen LogP contribution in [0.15, 0.2) is 18.5 Å². The number of piperidine rings is 1. The molecule has 0 bridgehead atoms. The van der Waals surface area contributed by atoms with Gasteiger partial charge in [-0.15, -0.1) is 0 Å². The number of ether oxygens (including phenoxy) is 1. The number of hydrogen-bond acceptors (Lipinski definition) is 3. The average molecular weight is 250 g/mol. The highest BCUT2D eigenvalue weighted by atomic mass is 16.5. The summed E-state index contributed by atoms with van der Waals surface area (Å²) >= 11 is 0. The predicted octanol–water partition coefficient (Wildman–Crippen LogP) is 1.43. The van der Waals surface area contributed by atoms with E-state index in [1.807, 2.05) is 6.92 Å². The number of H-pyrrole nitrogens is 1. The zero-order valence-electron chi connectivity index (χ0n) is 10.5. The van der Waals surface area contributed by atoms with Crippen molar-refractivity contribution in [3.8, 4) is 0 Å². The minimum Gasteiger partial charge on any atom is -0.466 e. The standard InChI is InChI=1S/C13H18N2O3/c1-2-18-13(17)10-4-7-15(8-5-10)12(16)11-3-6-14-9-11/h3,6,9-10,14H,2,4-5,7-8H2,1H3. The first-order valence-electron chi connectivity index (χ1n) is 6.31. The summed E-state index contributed by atoms with van der Waals surface area (Å²) in [5, 5.41) is 0. The van der Waals surface area contributed by atoms with Gasteiger partial charge < -0.3 is 14.6 Å².